The van der Waals surface area contributed by atoms with Crippen LogP contribution in [-0.4, -0.2) is 62.8 Å². The van der Waals surface area contributed by atoms with Gasteiger partial charge in [-0.2, -0.15) is 0 Å². The van der Waals surface area contributed by atoms with Crippen molar-refractivity contribution in [3.05, 3.63) is 0 Å². The van der Waals surface area contributed by atoms with Crippen molar-refractivity contribution in [3.63, 3.8) is 0 Å². The Hall–Kier alpha value is -0.920. The summed E-state index contributed by atoms with van der Waals surface area (Å²) in [5.41, 5.74) is 0. The predicted octanol–water partition coefficient (Wildman–Crippen LogP) is 0.211. The minimum absolute atomic E-state index is 0.784. The number of morpholine rings is 2. The van der Waals surface area contributed by atoms with E-state index in [-0.39, 0.29) is 0 Å². The van der Waals surface area contributed by atoms with Gasteiger partial charge in [0.15, 0.2) is 0 Å². The highest BCUT2D eigenvalue weighted by atomic mass is 32.1. The van der Waals surface area contributed by atoms with Crippen LogP contribution >= 0.6 is 11.3 Å². The molecule has 3 heterocycles. The molecule has 17 heavy (non-hydrogen) atoms. The van der Waals surface area contributed by atoms with Gasteiger partial charge in [-0.15, -0.1) is 10.2 Å². The van der Waals surface area contributed by atoms with E-state index in [0.717, 1.165) is 62.9 Å². The Kier molecular flexibility index (Phi) is 3.39. The molecule has 94 valence electrons. The standard InChI is InChI=1S/C10H16N4O2S/c1-5-15-6-2-13(1)9-11-12-10(17-9)14-3-7-16-8-4-14/h1-8H2. The van der Waals surface area contributed by atoms with Crippen LogP contribution < -0.4 is 9.80 Å². The minimum Gasteiger partial charge on any atom is -0.378 e. The van der Waals surface area contributed by atoms with Crippen LogP contribution in [0.15, 0.2) is 0 Å². The lowest BCUT2D eigenvalue weighted by molar-refractivity contribution is 0.122. The van der Waals surface area contributed by atoms with E-state index in [1.165, 1.54) is 0 Å². The third kappa shape index (κ3) is 2.51. The van der Waals surface area contributed by atoms with E-state index in [9.17, 15) is 0 Å². The topological polar surface area (TPSA) is 50.7 Å². The SMILES string of the molecule is C1CN(c2nnc(N3CCOCC3)s2)CCO1. The van der Waals surface area contributed by atoms with Crippen molar-refractivity contribution in [2.45, 2.75) is 0 Å². The maximum Gasteiger partial charge on any atom is 0.210 e. The molecule has 0 bridgehead atoms. The molecule has 0 saturated carbocycles. The van der Waals surface area contributed by atoms with E-state index in [1.54, 1.807) is 11.3 Å². The zero-order valence-electron chi connectivity index (χ0n) is 9.67. The van der Waals surface area contributed by atoms with E-state index in [4.69, 9.17) is 9.47 Å². The second-order valence-electron chi connectivity index (χ2n) is 4.07. The molecular formula is C10H16N4O2S. The van der Waals surface area contributed by atoms with Crippen LogP contribution in [-0.2, 0) is 9.47 Å². The third-order valence-corrected chi connectivity index (χ3v) is 4.01. The van der Waals surface area contributed by atoms with Gasteiger partial charge in [-0.1, -0.05) is 11.3 Å². The quantitative estimate of drug-likeness (QED) is 0.754. The number of hydrogen-bond acceptors (Lipinski definition) is 7. The van der Waals surface area contributed by atoms with Crippen molar-refractivity contribution in [1.29, 1.82) is 0 Å². The van der Waals surface area contributed by atoms with E-state index in [2.05, 4.69) is 20.0 Å². The molecule has 3 rings (SSSR count). The molecule has 7 heteroatoms. The minimum atomic E-state index is 0.784. The van der Waals surface area contributed by atoms with Gasteiger partial charge in [0.25, 0.3) is 0 Å². The fourth-order valence-electron chi connectivity index (χ4n) is 1.97. The molecule has 1 aromatic rings. The molecule has 0 atom stereocenters. The average molecular weight is 256 g/mol. The van der Waals surface area contributed by atoms with Crippen molar-refractivity contribution >= 4 is 21.6 Å². The van der Waals surface area contributed by atoms with Crippen molar-refractivity contribution in [2.75, 3.05) is 62.4 Å². The number of nitrogens with zero attached hydrogens (tertiary/aromatic N) is 4. The van der Waals surface area contributed by atoms with Crippen molar-refractivity contribution in [2.24, 2.45) is 0 Å². The highest BCUT2D eigenvalue weighted by Gasteiger charge is 2.19. The molecule has 0 amide bonds. The summed E-state index contributed by atoms with van der Waals surface area (Å²) in [5, 5.41) is 10.6. The number of aromatic nitrogens is 2. The summed E-state index contributed by atoms with van der Waals surface area (Å²) in [6, 6.07) is 0. The van der Waals surface area contributed by atoms with E-state index < -0.39 is 0 Å². The summed E-state index contributed by atoms with van der Waals surface area (Å²) in [6.07, 6.45) is 0. The normalized spacial score (nSPS) is 21.9. The Morgan fingerprint density at radius 1 is 0.765 bits per heavy atom. The number of anilines is 2. The first-order valence-electron chi connectivity index (χ1n) is 5.92. The number of rotatable bonds is 2. The fourth-order valence-corrected chi connectivity index (χ4v) is 2.92. The van der Waals surface area contributed by atoms with Crippen molar-refractivity contribution in [3.8, 4) is 0 Å². The highest BCUT2D eigenvalue weighted by molar-refractivity contribution is 7.19. The highest BCUT2D eigenvalue weighted by Crippen LogP contribution is 2.27. The molecule has 0 radical (unpaired) electrons. The van der Waals surface area contributed by atoms with Gasteiger partial charge >= 0.3 is 0 Å². The van der Waals surface area contributed by atoms with Crippen LogP contribution in [0.4, 0.5) is 10.3 Å². The van der Waals surface area contributed by atoms with Crippen molar-refractivity contribution < 1.29 is 9.47 Å². The lowest BCUT2D eigenvalue weighted by Gasteiger charge is -2.26. The summed E-state index contributed by atoms with van der Waals surface area (Å²) >= 11 is 1.66. The zero-order chi connectivity index (χ0) is 11.5. The van der Waals surface area contributed by atoms with Crippen LogP contribution in [0, 0.1) is 0 Å². The maximum absolute atomic E-state index is 5.33. The third-order valence-electron chi connectivity index (χ3n) is 2.97. The zero-order valence-corrected chi connectivity index (χ0v) is 10.5. The summed E-state index contributed by atoms with van der Waals surface area (Å²) < 4.78 is 10.7. The lowest BCUT2D eigenvalue weighted by atomic mass is 10.5. The van der Waals surface area contributed by atoms with E-state index >= 15 is 0 Å². The summed E-state index contributed by atoms with van der Waals surface area (Å²) in [7, 11) is 0. The Morgan fingerprint density at radius 3 is 1.59 bits per heavy atom. The molecule has 2 fully saturated rings. The second kappa shape index (κ2) is 5.16. The molecule has 2 saturated heterocycles. The molecule has 0 unspecified atom stereocenters. The van der Waals surface area contributed by atoms with E-state index in [1.807, 2.05) is 0 Å². The molecular weight excluding hydrogens is 240 g/mol. The molecule has 2 aliphatic rings. The largest absolute Gasteiger partial charge is 0.378 e. The van der Waals surface area contributed by atoms with Gasteiger partial charge in [-0.25, -0.2) is 0 Å². The first kappa shape index (κ1) is 11.2. The van der Waals surface area contributed by atoms with Gasteiger partial charge in [0.2, 0.25) is 10.3 Å². The monoisotopic (exact) mass is 256 g/mol. The summed E-state index contributed by atoms with van der Waals surface area (Å²) in [4.78, 5) is 4.48. The van der Waals surface area contributed by atoms with Crippen LogP contribution in [0.1, 0.15) is 0 Å². The fraction of sp³-hybridized carbons (Fsp3) is 0.800. The Labute approximate surface area is 104 Å². The van der Waals surface area contributed by atoms with Gasteiger partial charge in [0.1, 0.15) is 0 Å². The van der Waals surface area contributed by atoms with Crippen LogP contribution in [0.5, 0.6) is 0 Å². The van der Waals surface area contributed by atoms with Crippen LogP contribution in [0.25, 0.3) is 0 Å². The Morgan fingerprint density at radius 2 is 1.18 bits per heavy atom. The molecule has 0 aliphatic carbocycles. The molecule has 2 aliphatic heterocycles. The van der Waals surface area contributed by atoms with Gasteiger partial charge in [-0.05, 0) is 0 Å². The summed E-state index contributed by atoms with van der Waals surface area (Å²) in [6.45, 7) is 6.79. The van der Waals surface area contributed by atoms with Crippen LogP contribution in [0.3, 0.4) is 0 Å². The predicted molar refractivity (Wildman–Crippen MR) is 66.0 cm³/mol. The van der Waals surface area contributed by atoms with Gasteiger partial charge in [-0.3, -0.25) is 0 Å². The maximum atomic E-state index is 5.33. The van der Waals surface area contributed by atoms with Gasteiger partial charge < -0.3 is 19.3 Å². The summed E-state index contributed by atoms with van der Waals surface area (Å²) in [5.74, 6) is 0. The first-order chi connectivity index (χ1) is 8.43. The average Bonchev–Trinajstić information content (AvgIpc) is 2.90. The number of hydrogen-bond donors (Lipinski definition) is 0. The van der Waals surface area contributed by atoms with E-state index in [0.29, 0.717) is 0 Å². The van der Waals surface area contributed by atoms with Gasteiger partial charge in [0.05, 0.1) is 26.4 Å². The molecule has 0 aromatic carbocycles. The Bertz CT molecular complexity index is 328. The molecule has 6 nitrogen and oxygen atoms in total. The molecule has 0 N–H and O–H groups in total. The lowest BCUT2D eigenvalue weighted by Crippen LogP contribution is -2.36. The smallest absolute Gasteiger partial charge is 0.210 e. The second-order valence-corrected chi connectivity index (χ2v) is 5.00. The van der Waals surface area contributed by atoms with Crippen LogP contribution in [0.2, 0.25) is 0 Å². The first-order valence-corrected chi connectivity index (χ1v) is 6.74. The molecule has 0 spiro atoms. The molecule has 1 aromatic heterocycles. The van der Waals surface area contributed by atoms with Crippen molar-refractivity contribution in [1.82, 2.24) is 10.2 Å². The van der Waals surface area contributed by atoms with Gasteiger partial charge in [0, 0.05) is 26.2 Å². The number of ether oxygens (including phenoxy) is 2. The Balaban J connectivity index is 1.68.